The van der Waals surface area contributed by atoms with Gasteiger partial charge in [-0.3, -0.25) is 9.63 Å². The largest absolute Gasteiger partial charge is 0.273 e. The molecule has 0 aliphatic carbocycles. The summed E-state index contributed by atoms with van der Waals surface area (Å²) in [4.78, 5) is 16.1. The van der Waals surface area contributed by atoms with E-state index in [4.69, 9.17) is 4.84 Å². The monoisotopic (exact) mass is 207 g/mol. The Balaban J connectivity index is 2.54. The highest BCUT2D eigenvalue weighted by atomic mass is 16.6. The molecule has 1 aromatic rings. The van der Waals surface area contributed by atoms with E-state index in [1.54, 1.807) is 6.92 Å². The standard InChI is InChI=1S/C12H17NO2/c1-4-12(14)13-15-8-11-9(2)6-5-7-10(11)3/h5-7H,4,8H2,1-3H3,(H,13,14). The van der Waals surface area contributed by atoms with Gasteiger partial charge in [0.2, 0.25) is 5.91 Å². The average Bonchev–Trinajstić information content (AvgIpc) is 2.22. The Morgan fingerprint density at radius 2 is 1.93 bits per heavy atom. The van der Waals surface area contributed by atoms with Gasteiger partial charge in [-0.15, -0.1) is 0 Å². The molecule has 0 atom stereocenters. The van der Waals surface area contributed by atoms with Crippen LogP contribution in [0.3, 0.4) is 0 Å². The fourth-order valence-corrected chi connectivity index (χ4v) is 1.34. The van der Waals surface area contributed by atoms with Crippen LogP contribution in [0.4, 0.5) is 0 Å². The highest BCUT2D eigenvalue weighted by molar-refractivity contribution is 5.74. The van der Waals surface area contributed by atoms with Gasteiger partial charge in [-0.05, 0) is 30.5 Å². The summed E-state index contributed by atoms with van der Waals surface area (Å²) in [6.07, 6.45) is 0.437. The maximum atomic E-state index is 10.9. The lowest BCUT2D eigenvalue weighted by Gasteiger charge is -2.10. The summed E-state index contributed by atoms with van der Waals surface area (Å²) in [6.45, 7) is 6.28. The Labute approximate surface area is 90.4 Å². The van der Waals surface area contributed by atoms with Gasteiger partial charge in [0, 0.05) is 6.42 Å². The van der Waals surface area contributed by atoms with Crippen molar-refractivity contribution in [2.24, 2.45) is 0 Å². The summed E-state index contributed by atoms with van der Waals surface area (Å²) in [6, 6.07) is 6.08. The molecule has 0 unspecified atom stereocenters. The summed E-state index contributed by atoms with van der Waals surface area (Å²) in [5.74, 6) is -0.0961. The van der Waals surface area contributed by atoms with E-state index in [0.29, 0.717) is 13.0 Å². The van der Waals surface area contributed by atoms with E-state index in [0.717, 1.165) is 5.56 Å². The van der Waals surface area contributed by atoms with E-state index in [9.17, 15) is 4.79 Å². The SMILES string of the molecule is CCC(=O)NOCc1c(C)cccc1C. The molecule has 15 heavy (non-hydrogen) atoms. The average molecular weight is 207 g/mol. The minimum Gasteiger partial charge on any atom is -0.273 e. The van der Waals surface area contributed by atoms with Crippen molar-refractivity contribution in [3.8, 4) is 0 Å². The van der Waals surface area contributed by atoms with Crippen LogP contribution in [0.5, 0.6) is 0 Å². The van der Waals surface area contributed by atoms with Crippen LogP contribution in [-0.4, -0.2) is 5.91 Å². The molecule has 0 aromatic heterocycles. The van der Waals surface area contributed by atoms with Crippen molar-refractivity contribution in [1.82, 2.24) is 5.48 Å². The first-order valence-electron chi connectivity index (χ1n) is 5.11. The van der Waals surface area contributed by atoms with Crippen molar-refractivity contribution in [3.63, 3.8) is 0 Å². The summed E-state index contributed by atoms with van der Waals surface area (Å²) < 4.78 is 0. The maximum Gasteiger partial charge on any atom is 0.243 e. The summed E-state index contributed by atoms with van der Waals surface area (Å²) in [7, 11) is 0. The Morgan fingerprint density at radius 3 is 2.47 bits per heavy atom. The molecule has 0 heterocycles. The third kappa shape index (κ3) is 3.36. The van der Waals surface area contributed by atoms with Gasteiger partial charge in [-0.2, -0.15) is 0 Å². The van der Waals surface area contributed by atoms with Gasteiger partial charge in [-0.25, -0.2) is 5.48 Å². The van der Waals surface area contributed by atoms with Crippen molar-refractivity contribution < 1.29 is 9.63 Å². The number of carbonyl (C=O) groups excluding carboxylic acids is 1. The molecule has 0 saturated carbocycles. The minimum absolute atomic E-state index is 0.0961. The Morgan fingerprint density at radius 1 is 1.33 bits per heavy atom. The number of benzene rings is 1. The molecule has 0 spiro atoms. The van der Waals surface area contributed by atoms with Gasteiger partial charge in [0.15, 0.2) is 0 Å². The molecule has 1 rings (SSSR count). The van der Waals surface area contributed by atoms with Crippen LogP contribution in [0.15, 0.2) is 18.2 Å². The highest BCUT2D eigenvalue weighted by Gasteiger charge is 2.03. The molecular weight excluding hydrogens is 190 g/mol. The summed E-state index contributed by atoms with van der Waals surface area (Å²) in [5.41, 5.74) is 5.89. The van der Waals surface area contributed by atoms with Crippen molar-refractivity contribution >= 4 is 5.91 Å². The predicted molar refractivity (Wildman–Crippen MR) is 59.1 cm³/mol. The van der Waals surface area contributed by atoms with E-state index in [1.165, 1.54) is 11.1 Å². The first kappa shape index (κ1) is 11.7. The van der Waals surface area contributed by atoms with E-state index in [-0.39, 0.29) is 5.91 Å². The lowest BCUT2D eigenvalue weighted by atomic mass is 10.0. The zero-order chi connectivity index (χ0) is 11.3. The van der Waals surface area contributed by atoms with Crippen LogP contribution in [0.2, 0.25) is 0 Å². The molecule has 1 N–H and O–H groups in total. The molecule has 82 valence electrons. The lowest BCUT2D eigenvalue weighted by molar-refractivity contribution is -0.134. The fourth-order valence-electron chi connectivity index (χ4n) is 1.34. The first-order chi connectivity index (χ1) is 7.15. The zero-order valence-corrected chi connectivity index (χ0v) is 9.46. The van der Waals surface area contributed by atoms with Gasteiger partial charge in [0.05, 0.1) is 0 Å². The van der Waals surface area contributed by atoms with Crippen molar-refractivity contribution in [3.05, 3.63) is 34.9 Å². The number of aryl methyl sites for hydroxylation is 2. The van der Waals surface area contributed by atoms with Gasteiger partial charge < -0.3 is 0 Å². The van der Waals surface area contributed by atoms with Gasteiger partial charge in [0.1, 0.15) is 6.61 Å². The van der Waals surface area contributed by atoms with E-state index in [2.05, 4.69) is 5.48 Å². The number of hydrogen-bond donors (Lipinski definition) is 1. The quantitative estimate of drug-likeness (QED) is 0.769. The Bertz CT molecular complexity index is 327. The number of nitrogens with one attached hydrogen (secondary N) is 1. The maximum absolute atomic E-state index is 10.9. The normalized spacial score (nSPS) is 10.1. The zero-order valence-electron chi connectivity index (χ0n) is 9.46. The van der Waals surface area contributed by atoms with E-state index < -0.39 is 0 Å². The molecule has 0 bridgehead atoms. The second-order valence-corrected chi connectivity index (χ2v) is 3.54. The van der Waals surface area contributed by atoms with Crippen LogP contribution in [-0.2, 0) is 16.2 Å². The predicted octanol–water partition coefficient (Wildman–Crippen LogP) is 2.26. The molecule has 3 heteroatoms. The first-order valence-corrected chi connectivity index (χ1v) is 5.11. The molecule has 0 fully saturated rings. The summed E-state index contributed by atoms with van der Waals surface area (Å²) in [5, 5.41) is 0. The fraction of sp³-hybridized carbons (Fsp3) is 0.417. The number of hydroxylamine groups is 1. The number of rotatable bonds is 4. The molecule has 1 aromatic carbocycles. The third-order valence-electron chi connectivity index (χ3n) is 2.37. The van der Waals surface area contributed by atoms with Gasteiger partial charge in [0.25, 0.3) is 0 Å². The highest BCUT2D eigenvalue weighted by Crippen LogP contribution is 2.13. The van der Waals surface area contributed by atoms with Crippen LogP contribution in [0, 0.1) is 13.8 Å². The van der Waals surface area contributed by atoms with Crippen molar-refractivity contribution in [1.29, 1.82) is 0 Å². The molecule has 3 nitrogen and oxygen atoms in total. The van der Waals surface area contributed by atoms with Crippen molar-refractivity contribution in [2.75, 3.05) is 0 Å². The molecule has 0 radical (unpaired) electrons. The second kappa shape index (κ2) is 5.51. The topological polar surface area (TPSA) is 38.3 Å². The second-order valence-electron chi connectivity index (χ2n) is 3.54. The molecule has 1 amide bonds. The number of amides is 1. The van der Waals surface area contributed by atoms with Crippen LogP contribution in [0.1, 0.15) is 30.0 Å². The Hall–Kier alpha value is -1.35. The van der Waals surface area contributed by atoms with E-state index in [1.807, 2.05) is 32.0 Å². The van der Waals surface area contributed by atoms with Gasteiger partial charge in [-0.1, -0.05) is 25.1 Å². The third-order valence-corrected chi connectivity index (χ3v) is 2.37. The van der Waals surface area contributed by atoms with E-state index >= 15 is 0 Å². The number of hydrogen-bond acceptors (Lipinski definition) is 2. The number of carbonyl (C=O) groups is 1. The van der Waals surface area contributed by atoms with Crippen LogP contribution in [0.25, 0.3) is 0 Å². The Kier molecular flexibility index (Phi) is 4.31. The molecule has 0 aliphatic heterocycles. The minimum atomic E-state index is -0.0961. The summed E-state index contributed by atoms with van der Waals surface area (Å²) >= 11 is 0. The van der Waals surface area contributed by atoms with Crippen LogP contribution >= 0.6 is 0 Å². The van der Waals surface area contributed by atoms with Crippen LogP contribution < -0.4 is 5.48 Å². The molecule has 0 saturated heterocycles. The van der Waals surface area contributed by atoms with Gasteiger partial charge >= 0.3 is 0 Å². The van der Waals surface area contributed by atoms with Crippen molar-refractivity contribution in [2.45, 2.75) is 33.8 Å². The smallest absolute Gasteiger partial charge is 0.243 e. The lowest BCUT2D eigenvalue weighted by Crippen LogP contribution is -2.22. The molecular formula is C12H17NO2. The molecule has 0 aliphatic rings.